The fraction of sp³-hybridized carbons (Fsp3) is 0.200. The number of carbonyl (C=O) groups is 2. The minimum Gasteiger partial charge on any atom is -0.340 e. The van der Waals surface area contributed by atoms with Gasteiger partial charge in [0.15, 0.2) is 0 Å². The zero-order chi connectivity index (χ0) is 15.4. The smallest absolute Gasteiger partial charge is 0.261 e. The minimum absolute atomic E-state index is 0.236. The quantitative estimate of drug-likeness (QED) is 0.868. The fourth-order valence-electron chi connectivity index (χ4n) is 1.75. The second-order valence-electron chi connectivity index (χ2n) is 4.62. The Morgan fingerprint density at radius 2 is 2.05 bits per heavy atom. The second-order valence-corrected chi connectivity index (χ2v) is 6.48. The maximum Gasteiger partial charge on any atom is 0.261 e. The van der Waals surface area contributed by atoms with Gasteiger partial charge in [-0.05, 0) is 49.1 Å². The number of rotatable bonds is 4. The third-order valence-corrected chi connectivity index (χ3v) is 4.29. The maximum absolute atomic E-state index is 12.1. The summed E-state index contributed by atoms with van der Waals surface area (Å²) in [5.41, 5.74) is 1.69. The average Bonchev–Trinajstić information content (AvgIpc) is 2.95. The molecule has 2 rings (SSSR count). The number of halogens is 1. The molecule has 0 aliphatic rings. The number of nitrogens with one attached hydrogen (secondary N) is 2. The van der Waals surface area contributed by atoms with Gasteiger partial charge in [-0.1, -0.05) is 22.0 Å². The molecule has 0 bridgehead atoms. The molecule has 2 N–H and O–H groups in total. The Hall–Kier alpha value is -1.66. The highest BCUT2D eigenvalue weighted by atomic mass is 79.9. The summed E-state index contributed by atoms with van der Waals surface area (Å²) in [6, 6.07) is 8.52. The van der Waals surface area contributed by atoms with E-state index < -0.39 is 6.04 Å². The summed E-state index contributed by atoms with van der Waals surface area (Å²) < 4.78 is 0.956. The van der Waals surface area contributed by atoms with Crippen LogP contribution in [0.1, 0.15) is 22.2 Å². The van der Waals surface area contributed by atoms with E-state index in [4.69, 9.17) is 0 Å². The zero-order valence-corrected chi connectivity index (χ0v) is 14.0. The molecule has 1 heterocycles. The van der Waals surface area contributed by atoms with Crippen molar-refractivity contribution in [2.75, 3.05) is 5.32 Å². The van der Waals surface area contributed by atoms with Gasteiger partial charge in [0.1, 0.15) is 6.04 Å². The zero-order valence-electron chi connectivity index (χ0n) is 11.6. The lowest BCUT2D eigenvalue weighted by molar-refractivity contribution is -0.117. The van der Waals surface area contributed by atoms with E-state index in [0.29, 0.717) is 4.88 Å². The first kappa shape index (κ1) is 15.7. The van der Waals surface area contributed by atoms with Gasteiger partial charge in [0.25, 0.3) is 5.91 Å². The van der Waals surface area contributed by atoms with E-state index in [1.54, 1.807) is 19.1 Å². The third kappa shape index (κ3) is 4.15. The Bertz CT molecular complexity index is 656. The molecular weight excluding hydrogens is 352 g/mol. The van der Waals surface area contributed by atoms with E-state index in [0.717, 1.165) is 15.7 Å². The van der Waals surface area contributed by atoms with E-state index in [1.165, 1.54) is 11.3 Å². The summed E-state index contributed by atoms with van der Waals surface area (Å²) in [6.07, 6.45) is 0. The number of anilines is 1. The molecule has 2 aromatic rings. The van der Waals surface area contributed by atoms with E-state index in [2.05, 4.69) is 26.6 Å². The van der Waals surface area contributed by atoms with Crippen LogP contribution in [0.3, 0.4) is 0 Å². The molecule has 0 radical (unpaired) electrons. The molecule has 0 spiro atoms. The number of aryl methyl sites for hydroxylation is 1. The van der Waals surface area contributed by atoms with Crippen molar-refractivity contribution in [3.05, 3.63) is 50.6 Å². The standard InChI is InChI=1S/C15H15BrN2O2S/c1-9-8-11(16)5-6-12(9)18-14(19)10(2)17-15(20)13-4-3-7-21-13/h3-8,10H,1-2H3,(H,17,20)(H,18,19). The van der Waals surface area contributed by atoms with Gasteiger partial charge < -0.3 is 10.6 Å². The van der Waals surface area contributed by atoms with Crippen molar-refractivity contribution in [2.24, 2.45) is 0 Å². The normalized spacial score (nSPS) is 11.8. The van der Waals surface area contributed by atoms with Crippen LogP contribution in [-0.2, 0) is 4.79 Å². The number of benzene rings is 1. The van der Waals surface area contributed by atoms with Crippen LogP contribution in [0.2, 0.25) is 0 Å². The summed E-state index contributed by atoms with van der Waals surface area (Å²) in [4.78, 5) is 24.6. The molecule has 110 valence electrons. The van der Waals surface area contributed by atoms with Crippen LogP contribution in [-0.4, -0.2) is 17.9 Å². The fourth-order valence-corrected chi connectivity index (χ4v) is 2.85. The van der Waals surface area contributed by atoms with Crippen LogP contribution in [0.15, 0.2) is 40.2 Å². The minimum atomic E-state index is -0.609. The average molecular weight is 367 g/mol. The summed E-state index contributed by atoms with van der Waals surface area (Å²) in [5.74, 6) is -0.481. The predicted octanol–water partition coefficient (Wildman–Crippen LogP) is 3.58. The lowest BCUT2D eigenvalue weighted by Crippen LogP contribution is -2.41. The molecule has 1 aromatic heterocycles. The van der Waals surface area contributed by atoms with Gasteiger partial charge in [-0.2, -0.15) is 0 Å². The third-order valence-electron chi connectivity index (χ3n) is 2.93. The molecule has 2 amide bonds. The van der Waals surface area contributed by atoms with Crippen molar-refractivity contribution in [3.8, 4) is 0 Å². The Balaban J connectivity index is 1.98. The topological polar surface area (TPSA) is 58.2 Å². The highest BCUT2D eigenvalue weighted by Crippen LogP contribution is 2.20. The molecule has 1 unspecified atom stereocenters. The van der Waals surface area contributed by atoms with Gasteiger partial charge in [0.2, 0.25) is 5.91 Å². The van der Waals surface area contributed by atoms with Crippen molar-refractivity contribution < 1.29 is 9.59 Å². The summed E-state index contributed by atoms with van der Waals surface area (Å²) in [7, 11) is 0. The first-order chi connectivity index (χ1) is 9.97. The van der Waals surface area contributed by atoms with Crippen molar-refractivity contribution in [2.45, 2.75) is 19.9 Å². The van der Waals surface area contributed by atoms with Gasteiger partial charge >= 0.3 is 0 Å². The van der Waals surface area contributed by atoms with Gasteiger partial charge in [-0.15, -0.1) is 11.3 Å². The van der Waals surface area contributed by atoms with Gasteiger partial charge in [-0.3, -0.25) is 9.59 Å². The molecule has 0 fully saturated rings. The Morgan fingerprint density at radius 1 is 1.29 bits per heavy atom. The highest BCUT2D eigenvalue weighted by Gasteiger charge is 2.17. The van der Waals surface area contributed by atoms with E-state index >= 15 is 0 Å². The van der Waals surface area contributed by atoms with E-state index in [1.807, 2.05) is 30.5 Å². The number of amides is 2. The van der Waals surface area contributed by atoms with Crippen molar-refractivity contribution in [3.63, 3.8) is 0 Å². The van der Waals surface area contributed by atoms with Crippen LogP contribution in [0.25, 0.3) is 0 Å². The Labute approximate surface area is 135 Å². The number of hydrogen-bond donors (Lipinski definition) is 2. The Morgan fingerprint density at radius 3 is 2.67 bits per heavy atom. The molecule has 21 heavy (non-hydrogen) atoms. The number of hydrogen-bond acceptors (Lipinski definition) is 3. The van der Waals surface area contributed by atoms with Crippen LogP contribution in [0.4, 0.5) is 5.69 Å². The van der Waals surface area contributed by atoms with Crippen LogP contribution in [0.5, 0.6) is 0 Å². The molecule has 1 aromatic carbocycles. The first-order valence-corrected chi connectivity index (χ1v) is 8.06. The van der Waals surface area contributed by atoms with Crippen molar-refractivity contribution in [1.29, 1.82) is 0 Å². The summed E-state index contributed by atoms with van der Waals surface area (Å²) in [5, 5.41) is 7.32. The molecular formula is C15H15BrN2O2S. The summed E-state index contributed by atoms with van der Waals surface area (Å²) in [6.45, 7) is 3.57. The van der Waals surface area contributed by atoms with Gasteiger partial charge in [0, 0.05) is 10.2 Å². The maximum atomic E-state index is 12.1. The largest absolute Gasteiger partial charge is 0.340 e. The van der Waals surface area contributed by atoms with Crippen LogP contribution < -0.4 is 10.6 Å². The number of thiophene rings is 1. The lowest BCUT2D eigenvalue weighted by atomic mass is 10.2. The van der Waals surface area contributed by atoms with Crippen molar-refractivity contribution in [1.82, 2.24) is 5.32 Å². The van der Waals surface area contributed by atoms with Gasteiger partial charge in [-0.25, -0.2) is 0 Å². The first-order valence-electron chi connectivity index (χ1n) is 6.39. The van der Waals surface area contributed by atoms with Crippen LogP contribution >= 0.6 is 27.3 Å². The summed E-state index contributed by atoms with van der Waals surface area (Å²) >= 11 is 4.72. The Kier molecular flexibility index (Phi) is 5.14. The molecule has 0 aliphatic heterocycles. The van der Waals surface area contributed by atoms with Gasteiger partial charge in [0.05, 0.1) is 4.88 Å². The van der Waals surface area contributed by atoms with E-state index in [-0.39, 0.29) is 11.8 Å². The van der Waals surface area contributed by atoms with Crippen LogP contribution in [0, 0.1) is 6.92 Å². The molecule has 0 saturated heterocycles. The molecule has 6 heteroatoms. The molecule has 1 atom stereocenters. The second kappa shape index (κ2) is 6.87. The molecule has 0 aliphatic carbocycles. The van der Waals surface area contributed by atoms with E-state index in [9.17, 15) is 9.59 Å². The van der Waals surface area contributed by atoms with Crippen molar-refractivity contribution >= 4 is 44.8 Å². The SMILES string of the molecule is Cc1cc(Br)ccc1NC(=O)C(C)NC(=O)c1cccs1. The number of carbonyl (C=O) groups excluding carboxylic acids is 2. The predicted molar refractivity (Wildman–Crippen MR) is 88.8 cm³/mol. The highest BCUT2D eigenvalue weighted by molar-refractivity contribution is 9.10. The monoisotopic (exact) mass is 366 g/mol. The molecule has 0 saturated carbocycles. The molecule has 4 nitrogen and oxygen atoms in total. The lowest BCUT2D eigenvalue weighted by Gasteiger charge is -2.15.